The Bertz CT molecular complexity index is 3040. The van der Waals surface area contributed by atoms with Crippen molar-refractivity contribution in [1.29, 1.82) is 0 Å². The Labute approximate surface area is 289 Å². The maximum Gasteiger partial charge on any atom is 0.136 e. The summed E-state index contributed by atoms with van der Waals surface area (Å²) in [6.07, 6.45) is 0. The lowest BCUT2D eigenvalue weighted by Crippen LogP contribution is -1.91. The van der Waals surface area contributed by atoms with Crippen molar-refractivity contribution in [2.24, 2.45) is 0 Å². The SMILES string of the molecule is [2H]c1c([2H])c(-c2ccc3c(c2)oc2ccc(-c4cccc5ccccc45)cc23)c([2H])c(-c2c3ccccc3c(-c3ccccc3)c3ccccc23)c1[2H]. The minimum Gasteiger partial charge on any atom is -0.456 e. The number of furan rings is 1. The molecule has 0 fully saturated rings. The van der Waals surface area contributed by atoms with E-state index in [0.29, 0.717) is 22.3 Å². The molecule has 0 saturated carbocycles. The first kappa shape index (κ1) is 23.8. The van der Waals surface area contributed by atoms with Crippen LogP contribution in [0.1, 0.15) is 5.48 Å². The summed E-state index contributed by atoms with van der Waals surface area (Å²) in [6.45, 7) is 0. The molecule has 0 aliphatic rings. The lowest BCUT2D eigenvalue weighted by atomic mass is 9.85. The molecule has 10 aromatic rings. The fraction of sp³-hybridized carbons (Fsp3) is 0. The largest absolute Gasteiger partial charge is 0.456 e. The molecule has 0 bridgehead atoms. The van der Waals surface area contributed by atoms with Crippen LogP contribution in [0.2, 0.25) is 0 Å². The fourth-order valence-electron chi connectivity index (χ4n) is 7.50. The molecule has 0 aliphatic heterocycles. The van der Waals surface area contributed by atoms with Gasteiger partial charge in [0.1, 0.15) is 11.2 Å². The van der Waals surface area contributed by atoms with Gasteiger partial charge < -0.3 is 4.42 Å². The van der Waals surface area contributed by atoms with Crippen molar-refractivity contribution in [2.75, 3.05) is 0 Å². The van der Waals surface area contributed by atoms with E-state index >= 15 is 0 Å². The van der Waals surface area contributed by atoms with Gasteiger partial charge in [-0.05, 0) is 107 Å². The molecular weight excluding hydrogens is 593 g/mol. The van der Waals surface area contributed by atoms with Gasteiger partial charge in [0.15, 0.2) is 0 Å². The van der Waals surface area contributed by atoms with Crippen molar-refractivity contribution in [2.45, 2.75) is 0 Å². The van der Waals surface area contributed by atoms with Gasteiger partial charge in [-0.25, -0.2) is 0 Å². The quantitative estimate of drug-likeness (QED) is 0.177. The minimum atomic E-state index is -0.212. The van der Waals surface area contributed by atoms with Crippen LogP contribution in [0.15, 0.2) is 186 Å². The molecule has 1 heterocycles. The third-order valence-electron chi connectivity index (χ3n) is 9.73. The summed E-state index contributed by atoms with van der Waals surface area (Å²) in [6, 6.07) is 52.8. The third-order valence-corrected chi connectivity index (χ3v) is 9.73. The predicted molar refractivity (Wildman–Crippen MR) is 208 cm³/mol. The molecule has 0 radical (unpaired) electrons. The molecule has 0 amide bonds. The summed E-state index contributed by atoms with van der Waals surface area (Å²) in [4.78, 5) is 0. The molecule has 1 heteroatoms. The second-order valence-electron chi connectivity index (χ2n) is 12.5. The van der Waals surface area contributed by atoms with Crippen molar-refractivity contribution in [3.05, 3.63) is 182 Å². The van der Waals surface area contributed by atoms with Crippen LogP contribution in [-0.2, 0) is 0 Å². The third kappa shape index (κ3) is 4.47. The van der Waals surface area contributed by atoms with Crippen molar-refractivity contribution in [3.63, 3.8) is 0 Å². The van der Waals surface area contributed by atoms with Gasteiger partial charge in [-0.15, -0.1) is 0 Å². The Morgan fingerprint density at radius 2 is 0.980 bits per heavy atom. The van der Waals surface area contributed by atoms with Gasteiger partial charge in [0.25, 0.3) is 0 Å². The van der Waals surface area contributed by atoms with Crippen molar-refractivity contribution >= 4 is 54.3 Å². The second kappa shape index (κ2) is 11.1. The van der Waals surface area contributed by atoms with E-state index in [1.165, 1.54) is 10.8 Å². The molecule has 0 unspecified atom stereocenters. The molecule has 49 heavy (non-hydrogen) atoms. The Morgan fingerprint density at radius 3 is 1.73 bits per heavy atom. The van der Waals surface area contributed by atoms with Gasteiger partial charge in [-0.1, -0.05) is 152 Å². The lowest BCUT2D eigenvalue weighted by Gasteiger charge is -2.18. The Morgan fingerprint density at radius 1 is 0.367 bits per heavy atom. The van der Waals surface area contributed by atoms with E-state index in [4.69, 9.17) is 7.16 Å². The molecule has 9 aromatic carbocycles. The number of hydrogen-bond acceptors (Lipinski definition) is 1. The van der Waals surface area contributed by atoms with E-state index in [0.717, 1.165) is 65.7 Å². The van der Waals surface area contributed by atoms with E-state index in [1.54, 1.807) is 0 Å². The van der Waals surface area contributed by atoms with Crippen LogP contribution in [0, 0.1) is 0 Å². The molecular formula is C48H30O. The number of benzene rings is 9. The standard InChI is InChI=1S/C48H30O/c1-2-13-32(14-3-1)47-40-19-6-8-21-42(40)48(43-22-9-7-20-41(43)47)36-17-10-16-33(28-36)34-24-26-39-44-29-35(25-27-45(44)49-46(39)30-34)38-23-11-15-31-12-4-5-18-37(31)38/h1-30H/i10D,16D,17D,28D. The molecule has 10 rings (SSSR count). The number of rotatable bonds is 4. The van der Waals surface area contributed by atoms with Crippen LogP contribution in [-0.4, -0.2) is 0 Å². The number of hydrogen-bond donors (Lipinski definition) is 0. The van der Waals surface area contributed by atoms with Crippen LogP contribution < -0.4 is 0 Å². The van der Waals surface area contributed by atoms with Crippen LogP contribution in [0.5, 0.6) is 0 Å². The average Bonchev–Trinajstić information content (AvgIpc) is 3.57. The summed E-state index contributed by atoms with van der Waals surface area (Å²) < 4.78 is 43.5. The maximum absolute atomic E-state index is 9.72. The Balaban J connectivity index is 1.19. The van der Waals surface area contributed by atoms with E-state index in [2.05, 4.69) is 78.9 Å². The zero-order valence-electron chi connectivity index (χ0n) is 30.4. The molecule has 228 valence electrons. The second-order valence-corrected chi connectivity index (χ2v) is 12.5. The van der Waals surface area contributed by atoms with Crippen molar-refractivity contribution in [3.8, 4) is 44.5 Å². The monoisotopic (exact) mass is 626 g/mol. The summed E-state index contributed by atoms with van der Waals surface area (Å²) in [5.41, 5.74) is 7.77. The summed E-state index contributed by atoms with van der Waals surface area (Å²) in [5.74, 6) is 0. The molecule has 0 N–H and O–H groups in total. The van der Waals surface area contributed by atoms with Gasteiger partial charge in [-0.3, -0.25) is 0 Å². The predicted octanol–water partition coefficient (Wildman–Crippen LogP) is 13.7. The molecule has 0 spiro atoms. The van der Waals surface area contributed by atoms with Gasteiger partial charge in [0.2, 0.25) is 0 Å². The fourth-order valence-corrected chi connectivity index (χ4v) is 7.50. The van der Waals surface area contributed by atoms with Gasteiger partial charge in [0, 0.05) is 10.8 Å². The molecule has 1 nitrogen and oxygen atoms in total. The summed E-state index contributed by atoms with van der Waals surface area (Å²) >= 11 is 0. The van der Waals surface area contributed by atoms with Crippen molar-refractivity contribution in [1.82, 2.24) is 0 Å². The molecule has 0 atom stereocenters. The highest BCUT2D eigenvalue weighted by Gasteiger charge is 2.17. The first-order valence-corrected chi connectivity index (χ1v) is 16.5. The molecule has 0 saturated heterocycles. The first-order chi connectivity index (χ1) is 26.0. The van der Waals surface area contributed by atoms with Gasteiger partial charge in [0.05, 0.1) is 5.48 Å². The average molecular weight is 627 g/mol. The molecule has 1 aromatic heterocycles. The highest BCUT2D eigenvalue weighted by Crippen LogP contribution is 2.44. The lowest BCUT2D eigenvalue weighted by molar-refractivity contribution is 0.669. The zero-order chi connectivity index (χ0) is 35.8. The van der Waals surface area contributed by atoms with E-state index in [1.807, 2.05) is 78.9 Å². The van der Waals surface area contributed by atoms with Crippen molar-refractivity contribution < 1.29 is 9.90 Å². The zero-order valence-corrected chi connectivity index (χ0v) is 26.4. The molecule has 0 aliphatic carbocycles. The van der Waals surface area contributed by atoms with Crippen LogP contribution in [0.25, 0.3) is 98.8 Å². The first-order valence-electron chi connectivity index (χ1n) is 18.5. The van der Waals surface area contributed by atoms with Crippen LogP contribution >= 0.6 is 0 Å². The summed E-state index contributed by atoms with van der Waals surface area (Å²) in [5, 5.41) is 8.07. The Kier molecular flexibility index (Phi) is 5.38. The van der Waals surface area contributed by atoms with Crippen LogP contribution in [0.4, 0.5) is 0 Å². The maximum atomic E-state index is 9.72. The smallest absolute Gasteiger partial charge is 0.136 e. The number of fused-ring (bicyclic) bond motifs is 6. The van der Waals surface area contributed by atoms with Gasteiger partial charge in [-0.2, -0.15) is 0 Å². The Hall–Kier alpha value is -6.44. The highest BCUT2D eigenvalue weighted by molar-refractivity contribution is 6.21. The van der Waals surface area contributed by atoms with Gasteiger partial charge >= 0.3 is 0 Å². The van der Waals surface area contributed by atoms with E-state index in [9.17, 15) is 2.74 Å². The highest BCUT2D eigenvalue weighted by atomic mass is 16.3. The normalized spacial score (nSPS) is 12.8. The van der Waals surface area contributed by atoms with E-state index in [-0.39, 0.29) is 24.2 Å². The van der Waals surface area contributed by atoms with Crippen LogP contribution in [0.3, 0.4) is 0 Å². The topological polar surface area (TPSA) is 13.1 Å². The minimum absolute atomic E-state index is 0.0486. The van der Waals surface area contributed by atoms with E-state index < -0.39 is 0 Å². The summed E-state index contributed by atoms with van der Waals surface area (Å²) in [7, 11) is 0.